The molecule has 3 heteroatoms. The van der Waals surface area contributed by atoms with E-state index < -0.39 is 0 Å². The number of ether oxygens (including phenoxy) is 1. The normalized spacial score (nSPS) is 10.4. The van der Waals surface area contributed by atoms with Gasteiger partial charge in [0, 0.05) is 11.9 Å². The molecule has 0 bridgehead atoms. The van der Waals surface area contributed by atoms with Crippen molar-refractivity contribution in [3.05, 3.63) is 47.8 Å². The fourth-order valence-corrected chi connectivity index (χ4v) is 1.71. The molecule has 3 nitrogen and oxygen atoms in total. The molecule has 1 aromatic carbocycles. The summed E-state index contributed by atoms with van der Waals surface area (Å²) in [6, 6.07) is 10.2. The molecule has 0 fully saturated rings. The molecule has 0 atom stereocenters. The van der Waals surface area contributed by atoms with Gasteiger partial charge in [0.25, 0.3) is 0 Å². The molecule has 0 aliphatic rings. The third-order valence-electron chi connectivity index (χ3n) is 2.66. The molecule has 0 radical (unpaired) electrons. The molecule has 0 aliphatic heterocycles. The summed E-state index contributed by atoms with van der Waals surface area (Å²) in [7, 11) is 1.68. The summed E-state index contributed by atoms with van der Waals surface area (Å²) in [5.74, 6) is 0.889. The molecule has 16 heavy (non-hydrogen) atoms. The van der Waals surface area contributed by atoms with E-state index >= 15 is 0 Å². The summed E-state index contributed by atoms with van der Waals surface area (Å²) in [6.07, 6.45) is 2.86. The van der Waals surface area contributed by atoms with E-state index in [1.165, 1.54) is 11.3 Å². The van der Waals surface area contributed by atoms with Crippen LogP contribution in [0.5, 0.6) is 5.75 Å². The van der Waals surface area contributed by atoms with Gasteiger partial charge < -0.3 is 4.74 Å². The van der Waals surface area contributed by atoms with Gasteiger partial charge in [-0.1, -0.05) is 19.1 Å². The molecule has 2 rings (SSSR count). The van der Waals surface area contributed by atoms with Crippen LogP contribution >= 0.6 is 0 Å². The third kappa shape index (κ3) is 2.24. The van der Waals surface area contributed by atoms with Gasteiger partial charge in [-0.25, -0.2) is 0 Å². The van der Waals surface area contributed by atoms with Crippen LogP contribution < -0.4 is 4.74 Å². The van der Waals surface area contributed by atoms with Crippen molar-refractivity contribution in [2.75, 3.05) is 7.11 Å². The van der Waals surface area contributed by atoms with Crippen LogP contribution in [-0.2, 0) is 13.0 Å². The van der Waals surface area contributed by atoms with Crippen molar-refractivity contribution in [1.29, 1.82) is 0 Å². The monoisotopic (exact) mass is 216 g/mol. The van der Waals surface area contributed by atoms with Crippen molar-refractivity contribution in [2.24, 2.45) is 0 Å². The number of hydrogen-bond donors (Lipinski definition) is 0. The fraction of sp³-hybridized carbons (Fsp3) is 0.308. The summed E-state index contributed by atoms with van der Waals surface area (Å²) >= 11 is 0. The zero-order chi connectivity index (χ0) is 11.4. The highest BCUT2D eigenvalue weighted by molar-refractivity contribution is 5.27. The van der Waals surface area contributed by atoms with Crippen LogP contribution in [0.2, 0.25) is 0 Å². The van der Waals surface area contributed by atoms with Crippen molar-refractivity contribution in [3.8, 4) is 5.75 Å². The van der Waals surface area contributed by atoms with Gasteiger partial charge in [0.15, 0.2) is 0 Å². The fourth-order valence-electron chi connectivity index (χ4n) is 1.71. The molecule has 0 aliphatic carbocycles. The molecule has 0 N–H and O–H groups in total. The number of benzene rings is 1. The van der Waals surface area contributed by atoms with Crippen LogP contribution in [0.4, 0.5) is 0 Å². The second-order valence-corrected chi connectivity index (χ2v) is 3.68. The van der Waals surface area contributed by atoms with E-state index in [1.807, 2.05) is 23.0 Å². The zero-order valence-electron chi connectivity index (χ0n) is 9.68. The van der Waals surface area contributed by atoms with E-state index in [9.17, 15) is 0 Å². The Labute approximate surface area is 95.7 Å². The Balaban J connectivity index is 2.14. The minimum Gasteiger partial charge on any atom is -0.497 e. The molecule has 0 saturated carbocycles. The lowest BCUT2D eigenvalue weighted by Gasteiger charge is -2.06. The molecule has 1 heterocycles. The topological polar surface area (TPSA) is 27.1 Å². The summed E-state index contributed by atoms with van der Waals surface area (Å²) in [6.45, 7) is 2.96. The summed E-state index contributed by atoms with van der Waals surface area (Å²) < 4.78 is 7.16. The van der Waals surface area contributed by atoms with E-state index in [-0.39, 0.29) is 0 Å². The van der Waals surface area contributed by atoms with Gasteiger partial charge in [0.05, 0.1) is 13.7 Å². The molecule has 1 aromatic heterocycles. The Kier molecular flexibility index (Phi) is 3.25. The predicted octanol–water partition coefficient (Wildman–Crippen LogP) is 2.50. The maximum Gasteiger partial charge on any atom is 0.118 e. The molecular formula is C13H16N2O. The number of methoxy groups -OCH3 is 1. The van der Waals surface area contributed by atoms with E-state index in [4.69, 9.17) is 4.74 Å². The SMILES string of the molecule is CCc1ccnn1Cc1ccc(OC)cc1. The third-order valence-corrected chi connectivity index (χ3v) is 2.66. The Hall–Kier alpha value is -1.77. The summed E-state index contributed by atoms with van der Waals surface area (Å²) in [5.41, 5.74) is 2.50. The number of aryl methyl sites for hydroxylation is 1. The van der Waals surface area contributed by atoms with Crippen molar-refractivity contribution < 1.29 is 4.74 Å². The van der Waals surface area contributed by atoms with Crippen molar-refractivity contribution >= 4 is 0 Å². The van der Waals surface area contributed by atoms with Crippen LogP contribution in [-0.4, -0.2) is 16.9 Å². The highest BCUT2D eigenvalue weighted by Gasteiger charge is 2.01. The van der Waals surface area contributed by atoms with Crippen molar-refractivity contribution in [3.63, 3.8) is 0 Å². The first-order chi connectivity index (χ1) is 7.83. The summed E-state index contributed by atoms with van der Waals surface area (Å²) in [5, 5.41) is 4.31. The maximum atomic E-state index is 5.13. The average Bonchev–Trinajstić information content (AvgIpc) is 2.77. The van der Waals surface area contributed by atoms with Gasteiger partial charge in [0.2, 0.25) is 0 Å². The first-order valence-electron chi connectivity index (χ1n) is 5.47. The highest BCUT2D eigenvalue weighted by atomic mass is 16.5. The van der Waals surface area contributed by atoms with E-state index in [1.54, 1.807) is 7.11 Å². The summed E-state index contributed by atoms with van der Waals surface area (Å²) in [4.78, 5) is 0. The standard InChI is InChI=1S/C13H16N2O/c1-3-12-8-9-14-15(12)10-11-4-6-13(16-2)7-5-11/h4-9H,3,10H2,1-2H3. The zero-order valence-corrected chi connectivity index (χ0v) is 9.68. The lowest BCUT2D eigenvalue weighted by atomic mass is 10.2. The van der Waals surface area contributed by atoms with Gasteiger partial charge in [0.1, 0.15) is 5.75 Å². The first kappa shape index (κ1) is 10.7. The van der Waals surface area contributed by atoms with E-state index in [2.05, 4.69) is 30.2 Å². The Bertz CT molecular complexity index is 445. The van der Waals surface area contributed by atoms with Gasteiger partial charge >= 0.3 is 0 Å². The first-order valence-corrected chi connectivity index (χ1v) is 5.47. The molecule has 0 spiro atoms. The smallest absolute Gasteiger partial charge is 0.118 e. The quantitative estimate of drug-likeness (QED) is 0.785. The number of hydrogen-bond acceptors (Lipinski definition) is 2. The highest BCUT2D eigenvalue weighted by Crippen LogP contribution is 2.13. The van der Waals surface area contributed by atoms with Crippen LogP contribution in [0.25, 0.3) is 0 Å². The van der Waals surface area contributed by atoms with Crippen LogP contribution in [0.3, 0.4) is 0 Å². The second kappa shape index (κ2) is 4.84. The van der Waals surface area contributed by atoms with Crippen LogP contribution in [0, 0.1) is 0 Å². The number of rotatable bonds is 4. The van der Waals surface area contributed by atoms with E-state index in [0.717, 1.165) is 18.7 Å². The second-order valence-electron chi connectivity index (χ2n) is 3.68. The van der Waals surface area contributed by atoms with E-state index in [0.29, 0.717) is 0 Å². The van der Waals surface area contributed by atoms with Crippen molar-refractivity contribution in [2.45, 2.75) is 19.9 Å². The maximum absolute atomic E-state index is 5.13. The number of aromatic nitrogens is 2. The van der Waals surface area contributed by atoms with Gasteiger partial charge in [-0.15, -0.1) is 0 Å². The minimum atomic E-state index is 0.820. The molecular weight excluding hydrogens is 200 g/mol. The predicted molar refractivity (Wildman–Crippen MR) is 63.7 cm³/mol. The van der Waals surface area contributed by atoms with Gasteiger partial charge in [-0.2, -0.15) is 5.10 Å². The minimum absolute atomic E-state index is 0.820. The largest absolute Gasteiger partial charge is 0.497 e. The number of nitrogens with zero attached hydrogens (tertiary/aromatic N) is 2. The molecule has 0 saturated heterocycles. The van der Waals surface area contributed by atoms with Crippen LogP contribution in [0.1, 0.15) is 18.2 Å². The molecule has 0 amide bonds. The Morgan fingerprint density at radius 2 is 1.94 bits per heavy atom. The Morgan fingerprint density at radius 3 is 2.56 bits per heavy atom. The van der Waals surface area contributed by atoms with Gasteiger partial charge in [-0.3, -0.25) is 4.68 Å². The Morgan fingerprint density at radius 1 is 1.19 bits per heavy atom. The lowest BCUT2D eigenvalue weighted by Crippen LogP contribution is -2.05. The molecule has 0 unspecified atom stereocenters. The molecule has 84 valence electrons. The van der Waals surface area contributed by atoms with Crippen LogP contribution in [0.15, 0.2) is 36.5 Å². The van der Waals surface area contributed by atoms with Crippen molar-refractivity contribution in [1.82, 2.24) is 9.78 Å². The average molecular weight is 216 g/mol. The van der Waals surface area contributed by atoms with Gasteiger partial charge in [-0.05, 0) is 30.2 Å². The lowest BCUT2D eigenvalue weighted by molar-refractivity contribution is 0.414. The molecule has 2 aromatic rings.